The lowest BCUT2D eigenvalue weighted by Gasteiger charge is -2.34. The second-order valence-electron chi connectivity index (χ2n) is 7.28. The molecule has 1 aliphatic heterocycles. The van der Waals surface area contributed by atoms with Crippen LogP contribution in [0.3, 0.4) is 0 Å². The quantitative estimate of drug-likeness (QED) is 0.539. The summed E-state index contributed by atoms with van der Waals surface area (Å²) in [5.41, 5.74) is 2.44. The first-order valence-electron chi connectivity index (χ1n) is 9.85. The number of thiophene rings is 1. The van der Waals surface area contributed by atoms with Crippen molar-refractivity contribution >= 4 is 37.8 Å². The Labute approximate surface area is 180 Å². The van der Waals surface area contributed by atoms with Crippen molar-refractivity contribution in [2.45, 2.75) is 43.5 Å². The predicted octanol–water partition coefficient (Wildman–Crippen LogP) is 5.23. The van der Waals surface area contributed by atoms with Crippen LogP contribution in [0.25, 0.3) is 10.4 Å². The van der Waals surface area contributed by atoms with Crippen LogP contribution in [0.4, 0.5) is 5.13 Å². The molecule has 8 heteroatoms. The summed E-state index contributed by atoms with van der Waals surface area (Å²) in [7, 11) is -3.40. The first-order chi connectivity index (χ1) is 14.1. The van der Waals surface area contributed by atoms with Gasteiger partial charge in [0.1, 0.15) is 0 Å². The second kappa shape index (κ2) is 8.95. The Bertz CT molecular complexity index is 1040. The van der Waals surface area contributed by atoms with Gasteiger partial charge in [-0.15, -0.1) is 0 Å². The molecule has 1 unspecified atom stereocenters. The molecule has 0 saturated carbocycles. The molecule has 1 aromatic carbocycles. The maximum absolute atomic E-state index is 13.0. The van der Waals surface area contributed by atoms with Gasteiger partial charge in [-0.25, -0.2) is 13.4 Å². The highest BCUT2D eigenvalue weighted by Crippen LogP contribution is 2.32. The Kier molecular flexibility index (Phi) is 6.34. The van der Waals surface area contributed by atoms with Crippen molar-refractivity contribution in [3.05, 3.63) is 52.9 Å². The van der Waals surface area contributed by atoms with Gasteiger partial charge in [-0.05, 0) is 48.8 Å². The van der Waals surface area contributed by atoms with Gasteiger partial charge in [-0.2, -0.15) is 15.6 Å². The van der Waals surface area contributed by atoms with Crippen molar-refractivity contribution in [3.63, 3.8) is 0 Å². The zero-order valence-electron chi connectivity index (χ0n) is 16.4. The molecule has 1 fully saturated rings. The van der Waals surface area contributed by atoms with E-state index in [4.69, 9.17) is 0 Å². The van der Waals surface area contributed by atoms with Crippen LogP contribution in [-0.2, 0) is 10.0 Å². The van der Waals surface area contributed by atoms with E-state index in [0.29, 0.717) is 18.0 Å². The van der Waals surface area contributed by atoms with Crippen molar-refractivity contribution in [2.24, 2.45) is 0 Å². The van der Waals surface area contributed by atoms with Gasteiger partial charge < -0.3 is 5.32 Å². The van der Waals surface area contributed by atoms with E-state index in [1.165, 1.54) is 22.5 Å². The summed E-state index contributed by atoms with van der Waals surface area (Å²) >= 11 is 3.06. The molecule has 29 heavy (non-hydrogen) atoms. The fraction of sp³-hybridized carbons (Fsp3) is 0.381. The highest BCUT2D eigenvalue weighted by atomic mass is 32.2. The maximum Gasteiger partial charge on any atom is 0.244 e. The first-order valence-corrected chi connectivity index (χ1v) is 13.1. The minimum Gasteiger partial charge on any atom is -0.361 e. The van der Waals surface area contributed by atoms with E-state index >= 15 is 0 Å². The third-order valence-corrected chi connectivity index (χ3v) is 9.11. The Morgan fingerprint density at radius 3 is 2.90 bits per heavy atom. The second-order valence-corrected chi connectivity index (χ2v) is 11.0. The molecule has 5 nitrogen and oxygen atoms in total. The predicted molar refractivity (Wildman–Crippen MR) is 121 cm³/mol. The fourth-order valence-corrected chi connectivity index (χ4v) is 7.46. The van der Waals surface area contributed by atoms with Crippen LogP contribution >= 0.6 is 22.7 Å². The summed E-state index contributed by atoms with van der Waals surface area (Å²) in [5, 5.41) is 7.82. The molecule has 1 atom stereocenters. The minimum absolute atomic E-state index is 0.0388. The molecular formula is C21H25N3O2S3. The Morgan fingerprint density at radius 2 is 2.10 bits per heavy atom. The number of aromatic nitrogens is 1. The number of sulfonamides is 1. The number of hydrogen-bond acceptors (Lipinski definition) is 6. The lowest BCUT2D eigenvalue weighted by atomic mass is 10.0. The highest BCUT2D eigenvalue weighted by Gasteiger charge is 2.33. The number of rotatable bonds is 7. The molecule has 0 spiro atoms. The van der Waals surface area contributed by atoms with Crippen LogP contribution in [0.2, 0.25) is 0 Å². The number of benzene rings is 1. The molecule has 0 bridgehead atoms. The van der Waals surface area contributed by atoms with Crippen molar-refractivity contribution < 1.29 is 8.42 Å². The van der Waals surface area contributed by atoms with E-state index in [9.17, 15) is 8.42 Å². The van der Waals surface area contributed by atoms with E-state index < -0.39 is 10.0 Å². The van der Waals surface area contributed by atoms with E-state index in [2.05, 4.69) is 29.4 Å². The molecule has 154 valence electrons. The number of nitrogens with zero attached hydrogens (tertiary/aromatic N) is 2. The minimum atomic E-state index is -3.40. The van der Waals surface area contributed by atoms with Gasteiger partial charge in [0.2, 0.25) is 10.0 Å². The highest BCUT2D eigenvalue weighted by molar-refractivity contribution is 7.89. The molecule has 1 N–H and O–H groups in total. The van der Waals surface area contributed by atoms with Crippen molar-refractivity contribution in [1.29, 1.82) is 0 Å². The fourth-order valence-electron chi connectivity index (χ4n) is 3.79. The molecule has 1 saturated heterocycles. The van der Waals surface area contributed by atoms with E-state index in [0.717, 1.165) is 35.7 Å². The topological polar surface area (TPSA) is 62.3 Å². The van der Waals surface area contributed by atoms with E-state index in [-0.39, 0.29) is 6.04 Å². The van der Waals surface area contributed by atoms with Crippen molar-refractivity contribution in [3.8, 4) is 10.4 Å². The van der Waals surface area contributed by atoms with Crippen LogP contribution in [0.15, 0.2) is 52.2 Å². The number of thiazole rings is 1. The molecule has 0 amide bonds. The van der Waals surface area contributed by atoms with Crippen LogP contribution in [0.1, 0.15) is 31.2 Å². The summed E-state index contributed by atoms with van der Waals surface area (Å²) < 4.78 is 27.7. The van der Waals surface area contributed by atoms with Crippen molar-refractivity contribution in [2.75, 3.05) is 18.4 Å². The van der Waals surface area contributed by atoms with Gasteiger partial charge >= 0.3 is 0 Å². The zero-order chi connectivity index (χ0) is 20.3. The summed E-state index contributed by atoms with van der Waals surface area (Å²) in [6.07, 6.45) is 5.61. The van der Waals surface area contributed by atoms with Gasteiger partial charge in [-0.3, -0.25) is 0 Å². The van der Waals surface area contributed by atoms with Gasteiger partial charge in [-0.1, -0.05) is 42.0 Å². The monoisotopic (exact) mass is 447 g/mol. The van der Waals surface area contributed by atoms with Gasteiger partial charge in [0.15, 0.2) is 5.13 Å². The number of hydrogen-bond donors (Lipinski definition) is 1. The van der Waals surface area contributed by atoms with Gasteiger partial charge in [0.05, 0.1) is 9.77 Å². The maximum atomic E-state index is 13.0. The molecule has 0 aliphatic carbocycles. The average molecular weight is 448 g/mol. The Morgan fingerprint density at radius 1 is 1.24 bits per heavy atom. The third-order valence-electron chi connectivity index (χ3n) is 5.34. The van der Waals surface area contributed by atoms with E-state index in [1.807, 2.05) is 23.7 Å². The van der Waals surface area contributed by atoms with Crippen molar-refractivity contribution in [1.82, 2.24) is 9.29 Å². The molecular weight excluding hydrogens is 422 g/mol. The summed E-state index contributed by atoms with van der Waals surface area (Å²) in [4.78, 5) is 6.07. The smallest absolute Gasteiger partial charge is 0.244 e. The van der Waals surface area contributed by atoms with Gasteiger partial charge in [0, 0.05) is 30.7 Å². The average Bonchev–Trinajstić information content (AvgIpc) is 3.41. The van der Waals surface area contributed by atoms with Crippen LogP contribution in [0.5, 0.6) is 0 Å². The molecule has 2 aromatic heterocycles. The summed E-state index contributed by atoms with van der Waals surface area (Å²) in [6.45, 7) is 3.42. The van der Waals surface area contributed by atoms with Gasteiger partial charge in [0.25, 0.3) is 0 Å². The normalized spacial score (nSPS) is 18.0. The lowest BCUT2D eigenvalue weighted by molar-refractivity contribution is 0.244. The SMILES string of the molecule is Cc1ccccc1-c1cnc(NCCC2CCCCN2S(=O)(=O)c2ccsc2)s1. The number of anilines is 1. The number of nitrogens with one attached hydrogen (secondary N) is 1. The number of piperidine rings is 1. The summed E-state index contributed by atoms with van der Waals surface area (Å²) in [6, 6.07) is 10.0. The Balaban J connectivity index is 1.39. The Hall–Kier alpha value is -1.74. The van der Waals surface area contributed by atoms with E-state index in [1.54, 1.807) is 27.1 Å². The summed E-state index contributed by atoms with van der Waals surface area (Å²) in [5.74, 6) is 0. The number of aryl methyl sites for hydroxylation is 1. The molecule has 3 heterocycles. The third kappa shape index (κ3) is 4.55. The lowest BCUT2D eigenvalue weighted by Crippen LogP contribution is -2.44. The molecule has 3 aromatic rings. The van der Waals surface area contributed by atoms with Crippen LogP contribution in [-0.4, -0.2) is 36.8 Å². The van der Waals surface area contributed by atoms with Crippen LogP contribution < -0.4 is 5.32 Å². The zero-order valence-corrected chi connectivity index (χ0v) is 18.8. The van der Waals surface area contributed by atoms with Crippen LogP contribution in [0, 0.1) is 6.92 Å². The molecule has 0 radical (unpaired) electrons. The standard InChI is InChI=1S/C21H25N3O2S3/c1-16-6-2-3-8-19(16)20-14-23-21(28-20)22-11-9-17-7-4-5-12-24(17)29(25,26)18-10-13-27-15-18/h2-3,6,8,10,13-15,17H,4-5,7,9,11-12H2,1H3,(H,22,23). The molecule has 4 rings (SSSR count). The largest absolute Gasteiger partial charge is 0.361 e. The first kappa shape index (κ1) is 20.5. The molecule has 1 aliphatic rings.